The first-order valence-corrected chi connectivity index (χ1v) is 9.36. The fourth-order valence-electron chi connectivity index (χ4n) is 2.56. The van der Waals surface area contributed by atoms with Crippen molar-refractivity contribution in [2.24, 2.45) is 0 Å². The molecule has 0 unspecified atom stereocenters. The summed E-state index contributed by atoms with van der Waals surface area (Å²) in [5.74, 6) is -0.672. The molecule has 0 aromatic carbocycles. The van der Waals surface area contributed by atoms with E-state index in [1.54, 1.807) is 0 Å². The highest BCUT2D eigenvalue weighted by atomic mass is 32.2. The zero-order valence-electron chi connectivity index (χ0n) is 13.4. The molecule has 2 amide bonds. The van der Waals surface area contributed by atoms with Gasteiger partial charge in [-0.15, -0.1) is 0 Å². The van der Waals surface area contributed by atoms with E-state index in [2.05, 4.69) is 10.6 Å². The summed E-state index contributed by atoms with van der Waals surface area (Å²) in [7, 11) is -3.18. The monoisotopic (exact) mass is 384 g/mol. The van der Waals surface area contributed by atoms with Crippen LogP contribution in [0, 0.1) is 6.92 Å². The number of halogens is 3. The van der Waals surface area contributed by atoms with Gasteiger partial charge in [0.2, 0.25) is 5.60 Å². The molecule has 0 saturated carbocycles. The van der Waals surface area contributed by atoms with Gasteiger partial charge in [-0.05, 0) is 25.5 Å². The number of amides is 2. The predicted octanol–water partition coefficient (Wildman–Crippen LogP) is 1.21. The zero-order chi connectivity index (χ0) is 18.9. The Balaban J connectivity index is 1.92. The Morgan fingerprint density at radius 1 is 1.40 bits per heavy atom. The number of carbonyl (C=O) groups excluding carboxylic acids is 1. The Bertz CT molecular complexity index is 731. The van der Waals surface area contributed by atoms with Crippen LogP contribution in [-0.4, -0.2) is 49.8 Å². The average Bonchev–Trinajstić information content (AvgIpc) is 3.03. The summed E-state index contributed by atoms with van der Waals surface area (Å²) in [6, 6.07) is 0.973. The minimum atomic E-state index is -4.99. The number of hydrogen-bond donors (Lipinski definition) is 3. The van der Waals surface area contributed by atoms with E-state index in [1.165, 1.54) is 13.0 Å². The molecule has 1 saturated heterocycles. The number of furan rings is 1. The first-order chi connectivity index (χ1) is 11.4. The summed E-state index contributed by atoms with van der Waals surface area (Å²) in [4.78, 5) is 11.7. The lowest BCUT2D eigenvalue weighted by atomic mass is 9.96. The summed E-state index contributed by atoms with van der Waals surface area (Å²) in [6.07, 6.45) is -5.58. The third kappa shape index (κ3) is 4.66. The van der Waals surface area contributed by atoms with Gasteiger partial charge in [0.15, 0.2) is 9.84 Å². The Labute approximate surface area is 142 Å². The van der Waals surface area contributed by atoms with Crippen LogP contribution in [-0.2, 0) is 15.4 Å². The van der Waals surface area contributed by atoms with Crippen molar-refractivity contribution in [3.05, 3.63) is 23.7 Å². The van der Waals surface area contributed by atoms with E-state index < -0.39 is 52.4 Å². The first kappa shape index (κ1) is 19.6. The fraction of sp³-hybridized carbons (Fsp3) is 0.643. The summed E-state index contributed by atoms with van der Waals surface area (Å²) in [6.45, 7) is 0.961. The topological polar surface area (TPSA) is 109 Å². The number of carbonyl (C=O) groups is 1. The lowest BCUT2D eigenvalue weighted by Crippen LogP contribution is -2.47. The molecule has 1 aromatic rings. The second-order valence-corrected chi connectivity index (χ2v) is 8.25. The van der Waals surface area contributed by atoms with Gasteiger partial charge in [0.25, 0.3) is 0 Å². The van der Waals surface area contributed by atoms with Crippen LogP contribution in [0.15, 0.2) is 16.5 Å². The van der Waals surface area contributed by atoms with Crippen molar-refractivity contribution in [1.82, 2.24) is 10.6 Å². The Hall–Kier alpha value is -1.75. The maximum absolute atomic E-state index is 13.2. The summed E-state index contributed by atoms with van der Waals surface area (Å²) >= 11 is 0. The van der Waals surface area contributed by atoms with Crippen molar-refractivity contribution in [2.75, 3.05) is 18.1 Å². The average molecular weight is 384 g/mol. The molecule has 2 heterocycles. The number of nitrogens with one attached hydrogen (secondary N) is 2. The maximum Gasteiger partial charge on any atom is 0.424 e. The molecule has 2 rings (SSSR count). The zero-order valence-corrected chi connectivity index (χ0v) is 14.2. The lowest BCUT2D eigenvalue weighted by Gasteiger charge is -2.28. The highest BCUT2D eigenvalue weighted by Gasteiger charge is 2.56. The van der Waals surface area contributed by atoms with Gasteiger partial charge in [0.05, 0.1) is 11.5 Å². The normalized spacial score (nSPS) is 22.4. The van der Waals surface area contributed by atoms with Crippen LogP contribution in [0.3, 0.4) is 0 Å². The van der Waals surface area contributed by atoms with Crippen LogP contribution >= 0.6 is 0 Å². The number of sulfone groups is 1. The summed E-state index contributed by atoms with van der Waals surface area (Å²) in [5.41, 5.74) is -3.23. The van der Waals surface area contributed by atoms with Crippen molar-refractivity contribution in [1.29, 1.82) is 0 Å². The Morgan fingerprint density at radius 3 is 2.56 bits per heavy atom. The standard InChI is InChI=1S/C14H19F3N2O5S/c1-9-2-3-11(24-9)13(21,14(15,16)17)5-6-18-12(20)19-10-4-7-25(22,23)8-10/h2-3,10,21H,4-8H2,1H3,(H2,18,19,20)/t10-,13+/m0/s1. The molecule has 0 bridgehead atoms. The van der Waals surface area contributed by atoms with Crippen LogP contribution in [0.1, 0.15) is 24.4 Å². The van der Waals surface area contributed by atoms with Gasteiger partial charge in [0.1, 0.15) is 11.5 Å². The molecular formula is C14H19F3N2O5S. The number of aryl methyl sites for hydroxylation is 1. The molecule has 11 heteroatoms. The molecular weight excluding hydrogens is 365 g/mol. The minimum absolute atomic E-state index is 0.0381. The van der Waals surface area contributed by atoms with Crippen LogP contribution in [0.2, 0.25) is 0 Å². The van der Waals surface area contributed by atoms with E-state index in [1.807, 2.05) is 0 Å². The van der Waals surface area contributed by atoms with E-state index >= 15 is 0 Å². The SMILES string of the molecule is Cc1ccc([C@](O)(CCNC(=O)N[C@H]2CCS(=O)(=O)C2)C(F)(F)F)o1. The van der Waals surface area contributed by atoms with E-state index in [0.717, 1.165) is 6.07 Å². The molecule has 142 valence electrons. The second-order valence-electron chi connectivity index (χ2n) is 6.02. The fourth-order valence-corrected chi connectivity index (χ4v) is 4.24. The van der Waals surface area contributed by atoms with E-state index in [9.17, 15) is 31.5 Å². The van der Waals surface area contributed by atoms with Gasteiger partial charge in [-0.2, -0.15) is 13.2 Å². The van der Waals surface area contributed by atoms with Crippen LogP contribution in [0.4, 0.5) is 18.0 Å². The summed E-state index contributed by atoms with van der Waals surface area (Å²) < 4.78 is 67.2. The quantitative estimate of drug-likeness (QED) is 0.707. The molecule has 7 nitrogen and oxygen atoms in total. The van der Waals surface area contributed by atoms with Crippen LogP contribution in [0.5, 0.6) is 0 Å². The Kier molecular flexibility index (Phi) is 5.38. The van der Waals surface area contributed by atoms with Crippen molar-refractivity contribution >= 4 is 15.9 Å². The number of urea groups is 1. The largest absolute Gasteiger partial charge is 0.463 e. The molecule has 1 aliphatic rings. The molecule has 3 N–H and O–H groups in total. The highest BCUT2D eigenvalue weighted by molar-refractivity contribution is 7.91. The molecule has 0 spiro atoms. The van der Waals surface area contributed by atoms with Crippen molar-refractivity contribution in [2.45, 2.75) is 37.6 Å². The first-order valence-electron chi connectivity index (χ1n) is 7.54. The second kappa shape index (κ2) is 6.87. The van der Waals surface area contributed by atoms with Crippen molar-refractivity contribution in [3.8, 4) is 0 Å². The van der Waals surface area contributed by atoms with Gasteiger partial charge in [-0.25, -0.2) is 13.2 Å². The van der Waals surface area contributed by atoms with Gasteiger partial charge >= 0.3 is 12.2 Å². The van der Waals surface area contributed by atoms with E-state index in [4.69, 9.17) is 4.42 Å². The number of aliphatic hydroxyl groups is 1. The minimum Gasteiger partial charge on any atom is -0.463 e. The number of rotatable bonds is 5. The number of hydrogen-bond acceptors (Lipinski definition) is 5. The highest BCUT2D eigenvalue weighted by Crippen LogP contribution is 2.41. The lowest BCUT2D eigenvalue weighted by molar-refractivity contribution is -0.274. The molecule has 0 radical (unpaired) electrons. The van der Waals surface area contributed by atoms with Gasteiger partial charge in [-0.3, -0.25) is 0 Å². The van der Waals surface area contributed by atoms with E-state index in [0.29, 0.717) is 0 Å². The maximum atomic E-state index is 13.2. The number of alkyl halides is 3. The van der Waals surface area contributed by atoms with Crippen molar-refractivity contribution < 1.29 is 35.9 Å². The molecule has 1 aromatic heterocycles. The third-order valence-electron chi connectivity index (χ3n) is 3.96. The molecule has 2 atom stereocenters. The predicted molar refractivity (Wildman–Crippen MR) is 81.6 cm³/mol. The van der Waals surface area contributed by atoms with E-state index in [-0.39, 0.29) is 23.7 Å². The molecule has 25 heavy (non-hydrogen) atoms. The van der Waals surface area contributed by atoms with Crippen LogP contribution in [0.25, 0.3) is 0 Å². The third-order valence-corrected chi connectivity index (χ3v) is 5.72. The summed E-state index contributed by atoms with van der Waals surface area (Å²) in [5, 5.41) is 14.6. The van der Waals surface area contributed by atoms with Gasteiger partial charge in [0, 0.05) is 19.0 Å². The Morgan fingerprint density at radius 2 is 2.08 bits per heavy atom. The molecule has 1 aliphatic heterocycles. The van der Waals surface area contributed by atoms with Gasteiger partial charge in [-0.1, -0.05) is 0 Å². The van der Waals surface area contributed by atoms with Crippen LogP contribution < -0.4 is 10.6 Å². The smallest absolute Gasteiger partial charge is 0.424 e. The van der Waals surface area contributed by atoms with Crippen molar-refractivity contribution in [3.63, 3.8) is 0 Å². The van der Waals surface area contributed by atoms with Gasteiger partial charge < -0.3 is 20.2 Å². The molecule has 0 aliphatic carbocycles. The molecule has 1 fully saturated rings.